The summed E-state index contributed by atoms with van der Waals surface area (Å²) in [4.78, 5) is 42.1. The summed E-state index contributed by atoms with van der Waals surface area (Å²) in [5.41, 5.74) is 0.716. The molecule has 1 aromatic carbocycles. The van der Waals surface area contributed by atoms with Gasteiger partial charge in [0.2, 0.25) is 0 Å². The largest absolute Gasteiger partial charge is 0.319 e. The number of fused-ring (bicyclic) bond motifs is 4. The van der Waals surface area contributed by atoms with Gasteiger partial charge in [-0.1, -0.05) is 23.9 Å². The van der Waals surface area contributed by atoms with Crippen LogP contribution in [0.1, 0.15) is 0 Å². The molecule has 0 aliphatic rings. The van der Waals surface area contributed by atoms with Gasteiger partial charge >= 0.3 is 0 Å². The number of hydrogen-bond donors (Lipinski definition) is 1. The van der Waals surface area contributed by atoms with Crippen LogP contribution in [0.5, 0.6) is 0 Å². The van der Waals surface area contributed by atoms with Gasteiger partial charge in [-0.3, -0.25) is 9.59 Å². The molecule has 0 fully saturated rings. The molecule has 5 aromatic rings. The third-order valence-corrected chi connectivity index (χ3v) is 4.94. The Hall–Kier alpha value is -3.46. The summed E-state index contributed by atoms with van der Waals surface area (Å²) < 4.78 is 2.99. The first-order valence-corrected chi connectivity index (χ1v) is 9.32. The topological polar surface area (TPSA) is 97.9 Å². The molecule has 0 amide bonds. The summed E-state index contributed by atoms with van der Waals surface area (Å²) in [6.07, 6.45) is 5.00. The molecule has 4 heterocycles. The number of aromatic amines is 1. The van der Waals surface area contributed by atoms with Gasteiger partial charge < -0.3 is 4.98 Å². The standard InChI is InChI=1S/C18H12N6O2S/c1-27-18-20-9-10-15(22-18)21-16-14-11(5-4-6-12(14)25)23(24(16)17(10)26)13-7-2-3-8-19-13/h2-9H,1H3,(H,20,21,22). The number of pyridine rings is 1. The number of rotatable bonds is 2. The van der Waals surface area contributed by atoms with Crippen LogP contribution in [0.3, 0.4) is 0 Å². The molecule has 0 saturated heterocycles. The fourth-order valence-corrected chi connectivity index (χ4v) is 3.53. The van der Waals surface area contributed by atoms with Crippen molar-refractivity contribution in [3.63, 3.8) is 0 Å². The Kier molecular flexibility index (Phi) is 3.37. The lowest BCUT2D eigenvalue weighted by Gasteiger charge is -2.07. The quantitative estimate of drug-likeness (QED) is 0.374. The molecule has 0 spiro atoms. The van der Waals surface area contributed by atoms with Gasteiger partial charge in [-0.2, -0.15) is 4.52 Å². The summed E-state index contributed by atoms with van der Waals surface area (Å²) in [5, 5.41) is 1.34. The number of benzene rings is 1. The van der Waals surface area contributed by atoms with E-state index in [1.165, 1.54) is 28.5 Å². The Morgan fingerprint density at radius 1 is 1.07 bits per heavy atom. The van der Waals surface area contributed by atoms with Crippen molar-refractivity contribution in [2.75, 3.05) is 6.26 Å². The van der Waals surface area contributed by atoms with Crippen LogP contribution >= 0.6 is 11.8 Å². The molecule has 1 N–H and O–H groups in total. The fraction of sp³-hybridized carbons (Fsp3) is 0.0556. The van der Waals surface area contributed by atoms with Crippen molar-refractivity contribution in [3.8, 4) is 5.82 Å². The van der Waals surface area contributed by atoms with E-state index < -0.39 is 0 Å². The molecular formula is C18H12N6O2S. The Labute approximate surface area is 155 Å². The van der Waals surface area contributed by atoms with Gasteiger partial charge in [0.25, 0.3) is 5.56 Å². The molecule has 132 valence electrons. The van der Waals surface area contributed by atoms with Crippen molar-refractivity contribution < 1.29 is 0 Å². The van der Waals surface area contributed by atoms with Crippen LogP contribution in [0.15, 0.2) is 63.5 Å². The van der Waals surface area contributed by atoms with E-state index in [9.17, 15) is 9.59 Å². The molecule has 5 rings (SSSR count). The number of H-pyrrole nitrogens is 1. The highest BCUT2D eigenvalue weighted by molar-refractivity contribution is 7.98. The molecule has 0 atom stereocenters. The van der Waals surface area contributed by atoms with Crippen LogP contribution in [0, 0.1) is 0 Å². The van der Waals surface area contributed by atoms with E-state index in [0.29, 0.717) is 32.9 Å². The van der Waals surface area contributed by atoms with Crippen molar-refractivity contribution in [2.45, 2.75) is 5.16 Å². The number of nitrogens with zero attached hydrogens (tertiary/aromatic N) is 5. The minimum absolute atomic E-state index is 0.204. The Balaban J connectivity index is 2.08. The lowest BCUT2D eigenvalue weighted by Crippen LogP contribution is -2.22. The highest BCUT2D eigenvalue weighted by Crippen LogP contribution is 2.21. The highest BCUT2D eigenvalue weighted by Gasteiger charge is 2.19. The molecule has 0 unspecified atom stereocenters. The predicted octanol–water partition coefficient (Wildman–Crippen LogP) is 1.99. The lowest BCUT2D eigenvalue weighted by atomic mass is 10.2. The number of hydrogen-bond acceptors (Lipinski definition) is 6. The fourth-order valence-electron chi connectivity index (χ4n) is 3.18. The van der Waals surface area contributed by atoms with Crippen LogP contribution in [-0.2, 0) is 0 Å². The minimum atomic E-state index is -0.326. The number of thioether (sulfide) groups is 1. The van der Waals surface area contributed by atoms with E-state index in [2.05, 4.69) is 19.9 Å². The Morgan fingerprint density at radius 3 is 2.74 bits per heavy atom. The van der Waals surface area contributed by atoms with Gasteiger partial charge in [0, 0.05) is 12.4 Å². The van der Waals surface area contributed by atoms with Crippen molar-refractivity contribution in [2.24, 2.45) is 0 Å². The van der Waals surface area contributed by atoms with E-state index in [1.54, 1.807) is 35.1 Å². The van der Waals surface area contributed by atoms with Crippen molar-refractivity contribution >= 4 is 39.3 Å². The predicted molar refractivity (Wildman–Crippen MR) is 104 cm³/mol. The van der Waals surface area contributed by atoms with E-state index in [4.69, 9.17) is 0 Å². The molecule has 0 radical (unpaired) electrons. The van der Waals surface area contributed by atoms with Gasteiger partial charge in [0.1, 0.15) is 11.0 Å². The Morgan fingerprint density at radius 2 is 1.96 bits per heavy atom. The highest BCUT2D eigenvalue weighted by atomic mass is 32.2. The maximum absolute atomic E-state index is 13.3. The normalized spacial score (nSPS) is 11.6. The van der Waals surface area contributed by atoms with Crippen LogP contribution < -0.4 is 11.0 Å². The lowest BCUT2D eigenvalue weighted by molar-refractivity contribution is 0.771. The SMILES string of the molecule is CSc1ncc2c(=O)n3c(nc2[nH]1)c1c(=O)cccc1n3-c1ccccn1. The van der Waals surface area contributed by atoms with Crippen LogP contribution in [0.4, 0.5) is 0 Å². The van der Waals surface area contributed by atoms with E-state index in [1.807, 2.05) is 12.3 Å². The number of aromatic nitrogens is 6. The van der Waals surface area contributed by atoms with Crippen molar-refractivity contribution in [1.29, 1.82) is 0 Å². The van der Waals surface area contributed by atoms with Crippen LogP contribution in [-0.4, -0.2) is 35.4 Å². The minimum Gasteiger partial charge on any atom is -0.319 e. The van der Waals surface area contributed by atoms with E-state index in [0.717, 1.165) is 0 Å². The second kappa shape index (κ2) is 5.78. The third kappa shape index (κ3) is 2.21. The molecule has 0 aliphatic carbocycles. The van der Waals surface area contributed by atoms with Crippen molar-refractivity contribution in [3.05, 3.63) is 69.4 Å². The van der Waals surface area contributed by atoms with Gasteiger partial charge in [-0.05, 0) is 30.5 Å². The monoisotopic (exact) mass is 376 g/mol. The van der Waals surface area contributed by atoms with Crippen molar-refractivity contribution in [1.82, 2.24) is 29.1 Å². The maximum Gasteiger partial charge on any atom is 0.284 e. The van der Waals surface area contributed by atoms with E-state index in [-0.39, 0.29) is 16.6 Å². The molecule has 0 saturated carbocycles. The molecule has 4 aromatic heterocycles. The summed E-state index contributed by atoms with van der Waals surface area (Å²) in [5.74, 6) is 0.518. The summed E-state index contributed by atoms with van der Waals surface area (Å²) >= 11 is 1.41. The zero-order chi connectivity index (χ0) is 18.5. The van der Waals surface area contributed by atoms with Gasteiger partial charge in [-0.25, -0.2) is 19.6 Å². The first kappa shape index (κ1) is 15.8. The second-order valence-electron chi connectivity index (χ2n) is 5.86. The zero-order valence-corrected chi connectivity index (χ0v) is 14.9. The van der Waals surface area contributed by atoms with E-state index >= 15 is 0 Å². The van der Waals surface area contributed by atoms with Crippen LogP contribution in [0.25, 0.3) is 33.4 Å². The summed E-state index contributed by atoms with van der Waals surface area (Å²) in [6, 6.07) is 10.3. The molecule has 9 heteroatoms. The average Bonchev–Trinajstić information content (AvgIpc) is 3.04. The molecule has 0 bridgehead atoms. The first-order valence-electron chi connectivity index (χ1n) is 8.10. The zero-order valence-electron chi connectivity index (χ0n) is 14.1. The van der Waals surface area contributed by atoms with Crippen LogP contribution in [0.2, 0.25) is 0 Å². The second-order valence-corrected chi connectivity index (χ2v) is 6.65. The smallest absolute Gasteiger partial charge is 0.284 e. The molecule has 0 aliphatic heterocycles. The molecular weight excluding hydrogens is 364 g/mol. The summed E-state index contributed by atoms with van der Waals surface area (Å²) in [6.45, 7) is 0. The third-order valence-electron chi connectivity index (χ3n) is 4.35. The van der Waals surface area contributed by atoms with Gasteiger partial charge in [0.15, 0.2) is 22.1 Å². The first-order chi connectivity index (χ1) is 13.2. The van der Waals surface area contributed by atoms with Gasteiger partial charge in [0.05, 0.1) is 10.9 Å². The van der Waals surface area contributed by atoms with Gasteiger partial charge in [-0.15, -0.1) is 0 Å². The Bertz CT molecular complexity index is 1450. The average molecular weight is 376 g/mol. The maximum atomic E-state index is 13.3. The summed E-state index contributed by atoms with van der Waals surface area (Å²) in [7, 11) is 0. The number of nitrogens with one attached hydrogen (secondary N) is 1. The molecule has 27 heavy (non-hydrogen) atoms. The molecule has 8 nitrogen and oxygen atoms in total.